The molecule has 1 aromatic heterocycles. The van der Waals surface area contributed by atoms with Crippen LogP contribution in [0.25, 0.3) is 0 Å². The number of amides is 1. The zero-order chi connectivity index (χ0) is 9.84. The molecule has 0 spiro atoms. The van der Waals surface area contributed by atoms with Crippen LogP contribution < -0.4 is 5.73 Å². The Hall–Kier alpha value is -1.58. The van der Waals surface area contributed by atoms with Gasteiger partial charge in [-0.25, -0.2) is 4.98 Å². The number of carbonyl (C=O) groups excluding carboxylic acids is 1. The first kappa shape index (κ1) is 9.51. The van der Waals surface area contributed by atoms with Gasteiger partial charge in [-0.05, 0) is 19.1 Å². The van der Waals surface area contributed by atoms with Crippen LogP contribution in [0.15, 0.2) is 18.3 Å². The maximum atomic E-state index is 11.6. The Morgan fingerprint density at radius 3 is 2.92 bits per heavy atom. The third kappa shape index (κ3) is 2.18. The number of hydrogen-bond donors (Lipinski definition) is 1. The number of anilines is 1. The van der Waals surface area contributed by atoms with E-state index in [-0.39, 0.29) is 5.91 Å². The maximum Gasteiger partial charge on any atom is 0.253 e. The molecule has 70 valence electrons. The van der Waals surface area contributed by atoms with Crippen LogP contribution in [-0.4, -0.2) is 29.4 Å². The minimum absolute atomic E-state index is 0.0309. The Morgan fingerprint density at radius 1 is 1.69 bits per heavy atom. The van der Waals surface area contributed by atoms with Crippen molar-refractivity contribution in [2.45, 2.75) is 6.92 Å². The lowest BCUT2D eigenvalue weighted by Gasteiger charge is -2.14. The van der Waals surface area contributed by atoms with Crippen molar-refractivity contribution in [3.05, 3.63) is 23.9 Å². The molecule has 1 heterocycles. The number of carbonyl (C=O) groups is 1. The smallest absolute Gasteiger partial charge is 0.253 e. The largest absolute Gasteiger partial charge is 0.384 e. The molecule has 1 aromatic rings. The van der Waals surface area contributed by atoms with Crippen LogP contribution in [0.5, 0.6) is 0 Å². The van der Waals surface area contributed by atoms with Crippen LogP contribution in [0.3, 0.4) is 0 Å². The summed E-state index contributed by atoms with van der Waals surface area (Å²) in [4.78, 5) is 17.0. The number of rotatable bonds is 2. The van der Waals surface area contributed by atoms with Gasteiger partial charge in [0, 0.05) is 25.4 Å². The molecule has 0 aliphatic heterocycles. The fourth-order valence-corrected chi connectivity index (χ4v) is 0.945. The van der Waals surface area contributed by atoms with Gasteiger partial charge >= 0.3 is 0 Å². The van der Waals surface area contributed by atoms with E-state index in [2.05, 4.69) is 4.98 Å². The van der Waals surface area contributed by atoms with Crippen molar-refractivity contribution in [1.82, 2.24) is 9.88 Å². The second kappa shape index (κ2) is 3.89. The van der Waals surface area contributed by atoms with Crippen LogP contribution in [0.1, 0.15) is 17.3 Å². The predicted octanol–water partition coefficient (Wildman–Crippen LogP) is 0.756. The maximum absolute atomic E-state index is 11.6. The van der Waals surface area contributed by atoms with E-state index in [9.17, 15) is 4.79 Å². The Bertz CT molecular complexity index is 311. The summed E-state index contributed by atoms with van der Waals surface area (Å²) in [5.74, 6) is 0.340. The van der Waals surface area contributed by atoms with Crippen LogP contribution in [-0.2, 0) is 0 Å². The minimum atomic E-state index is -0.0309. The zero-order valence-corrected chi connectivity index (χ0v) is 7.82. The summed E-state index contributed by atoms with van der Waals surface area (Å²) in [6, 6.07) is 3.24. The van der Waals surface area contributed by atoms with Crippen molar-refractivity contribution in [2.75, 3.05) is 19.3 Å². The van der Waals surface area contributed by atoms with E-state index < -0.39 is 0 Å². The van der Waals surface area contributed by atoms with E-state index in [1.54, 1.807) is 24.1 Å². The first-order valence-corrected chi connectivity index (χ1v) is 4.12. The van der Waals surface area contributed by atoms with Crippen molar-refractivity contribution in [1.29, 1.82) is 0 Å². The molecule has 13 heavy (non-hydrogen) atoms. The third-order valence-electron chi connectivity index (χ3n) is 1.85. The van der Waals surface area contributed by atoms with Gasteiger partial charge in [-0.15, -0.1) is 0 Å². The van der Waals surface area contributed by atoms with Crippen LogP contribution >= 0.6 is 0 Å². The molecule has 0 radical (unpaired) electrons. The lowest BCUT2D eigenvalue weighted by Crippen LogP contribution is -2.26. The fraction of sp³-hybridized carbons (Fsp3) is 0.333. The van der Waals surface area contributed by atoms with E-state index in [1.165, 1.54) is 6.20 Å². The SMILES string of the molecule is CCN(C)C(=O)c1ccnc(N)c1. The molecule has 0 saturated carbocycles. The van der Waals surface area contributed by atoms with Crippen molar-refractivity contribution < 1.29 is 4.79 Å². The molecule has 0 bridgehead atoms. The number of pyridine rings is 1. The quantitative estimate of drug-likeness (QED) is 0.729. The van der Waals surface area contributed by atoms with Gasteiger partial charge in [0.25, 0.3) is 5.91 Å². The van der Waals surface area contributed by atoms with Gasteiger partial charge in [0.2, 0.25) is 0 Å². The summed E-state index contributed by atoms with van der Waals surface area (Å²) in [6.07, 6.45) is 1.53. The summed E-state index contributed by atoms with van der Waals surface area (Å²) in [5, 5.41) is 0. The molecule has 0 aliphatic carbocycles. The lowest BCUT2D eigenvalue weighted by molar-refractivity contribution is 0.0802. The summed E-state index contributed by atoms with van der Waals surface area (Å²) in [5.41, 5.74) is 6.04. The highest BCUT2D eigenvalue weighted by atomic mass is 16.2. The standard InChI is InChI=1S/C9H13N3O/c1-3-12(2)9(13)7-4-5-11-8(10)6-7/h4-6H,3H2,1-2H3,(H2,10,11). The van der Waals surface area contributed by atoms with E-state index in [0.29, 0.717) is 17.9 Å². The molecule has 1 amide bonds. The summed E-state index contributed by atoms with van der Waals surface area (Å²) < 4.78 is 0. The fourth-order valence-electron chi connectivity index (χ4n) is 0.945. The molecular weight excluding hydrogens is 166 g/mol. The highest BCUT2D eigenvalue weighted by molar-refractivity contribution is 5.94. The molecule has 4 heteroatoms. The van der Waals surface area contributed by atoms with Gasteiger partial charge in [-0.2, -0.15) is 0 Å². The Morgan fingerprint density at radius 2 is 2.38 bits per heavy atom. The van der Waals surface area contributed by atoms with Gasteiger partial charge in [0.15, 0.2) is 0 Å². The Labute approximate surface area is 77.4 Å². The average molecular weight is 179 g/mol. The highest BCUT2D eigenvalue weighted by Gasteiger charge is 2.09. The van der Waals surface area contributed by atoms with Gasteiger partial charge in [0.05, 0.1) is 0 Å². The number of aromatic nitrogens is 1. The van der Waals surface area contributed by atoms with E-state index >= 15 is 0 Å². The van der Waals surface area contributed by atoms with Gasteiger partial charge in [0.1, 0.15) is 5.82 Å². The average Bonchev–Trinajstić information content (AvgIpc) is 2.15. The predicted molar refractivity (Wildman–Crippen MR) is 51.3 cm³/mol. The molecular formula is C9H13N3O. The van der Waals surface area contributed by atoms with E-state index in [4.69, 9.17) is 5.73 Å². The molecule has 0 saturated heterocycles. The molecule has 2 N–H and O–H groups in total. The molecule has 4 nitrogen and oxygen atoms in total. The number of hydrogen-bond acceptors (Lipinski definition) is 3. The molecule has 0 atom stereocenters. The Balaban J connectivity index is 2.89. The van der Waals surface area contributed by atoms with Crippen molar-refractivity contribution in [3.8, 4) is 0 Å². The second-order valence-electron chi connectivity index (χ2n) is 2.79. The van der Waals surface area contributed by atoms with E-state index in [1.807, 2.05) is 6.92 Å². The van der Waals surface area contributed by atoms with Gasteiger partial charge in [-0.1, -0.05) is 0 Å². The molecule has 0 aliphatic rings. The topological polar surface area (TPSA) is 59.2 Å². The third-order valence-corrected chi connectivity index (χ3v) is 1.85. The monoisotopic (exact) mass is 179 g/mol. The normalized spacial score (nSPS) is 9.69. The van der Waals surface area contributed by atoms with Crippen molar-refractivity contribution >= 4 is 11.7 Å². The molecule has 0 fully saturated rings. The Kier molecular flexibility index (Phi) is 2.84. The zero-order valence-electron chi connectivity index (χ0n) is 7.82. The lowest BCUT2D eigenvalue weighted by atomic mass is 10.2. The van der Waals surface area contributed by atoms with Gasteiger partial charge in [-0.3, -0.25) is 4.79 Å². The summed E-state index contributed by atoms with van der Waals surface area (Å²) in [7, 11) is 1.75. The molecule has 1 rings (SSSR count). The van der Waals surface area contributed by atoms with E-state index in [0.717, 1.165) is 0 Å². The summed E-state index contributed by atoms with van der Waals surface area (Å²) in [6.45, 7) is 2.60. The minimum Gasteiger partial charge on any atom is -0.384 e. The van der Waals surface area contributed by atoms with Crippen molar-refractivity contribution in [3.63, 3.8) is 0 Å². The molecule has 0 aromatic carbocycles. The number of nitrogens with two attached hydrogens (primary N) is 1. The van der Waals surface area contributed by atoms with Crippen LogP contribution in [0, 0.1) is 0 Å². The molecule has 0 unspecified atom stereocenters. The first-order valence-electron chi connectivity index (χ1n) is 4.12. The number of nitrogen functional groups attached to an aromatic ring is 1. The number of nitrogens with zero attached hydrogens (tertiary/aromatic N) is 2. The highest BCUT2D eigenvalue weighted by Crippen LogP contribution is 2.05. The second-order valence-corrected chi connectivity index (χ2v) is 2.79. The first-order chi connectivity index (χ1) is 6.15. The summed E-state index contributed by atoms with van der Waals surface area (Å²) >= 11 is 0. The van der Waals surface area contributed by atoms with Gasteiger partial charge < -0.3 is 10.6 Å². The van der Waals surface area contributed by atoms with Crippen LogP contribution in [0.2, 0.25) is 0 Å². The van der Waals surface area contributed by atoms with Crippen LogP contribution in [0.4, 0.5) is 5.82 Å². The van der Waals surface area contributed by atoms with Crippen molar-refractivity contribution in [2.24, 2.45) is 0 Å².